The molecule has 1 aromatic rings. The van der Waals surface area contributed by atoms with Crippen LogP contribution in [0.1, 0.15) is 55.1 Å². The minimum Gasteiger partial charge on any atom is -0.478 e. The molecule has 0 aromatic heterocycles. The van der Waals surface area contributed by atoms with Crippen LogP contribution in [0, 0.1) is 5.92 Å². The average Bonchev–Trinajstić information content (AvgIpc) is 2.52. The number of aromatic carboxylic acids is 1. The number of benzene rings is 1. The first-order chi connectivity index (χ1) is 10.5. The van der Waals surface area contributed by atoms with Gasteiger partial charge in [-0.2, -0.15) is 0 Å². The fourth-order valence-corrected chi connectivity index (χ4v) is 2.91. The van der Waals surface area contributed by atoms with E-state index >= 15 is 0 Å². The van der Waals surface area contributed by atoms with Crippen molar-refractivity contribution in [3.63, 3.8) is 0 Å². The van der Waals surface area contributed by atoms with Crippen LogP contribution < -0.4 is 0 Å². The van der Waals surface area contributed by atoms with Crippen molar-refractivity contribution >= 4 is 11.5 Å². The van der Waals surface area contributed by atoms with Crippen LogP contribution in [0.4, 0.5) is 0 Å². The van der Waals surface area contributed by atoms with Crippen molar-refractivity contribution in [2.45, 2.75) is 40.0 Å². The molecule has 0 unspecified atom stereocenters. The third-order valence-electron chi connectivity index (χ3n) is 4.40. The molecule has 0 saturated carbocycles. The summed E-state index contributed by atoms with van der Waals surface area (Å²) in [5.41, 5.74) is 3.90. The lowest BCUT2D eigenvalue weighted by Crippen LogP contribution is -2.30. The summed E-state index contributed by atoms with van der Waals surface area (Å²) < 4.78 is 0. The molecular weight excluding hydrogens is 274 g/mol. The first-order valence-corrected chi connectivity index (χ1v) is 8.29. The number of aryl methyl sites for hydroxylation is 1. The summed E-state index contributed by atoms with van der Waals surface area (Å²) in [5.74, 6) is -0.0815. The third kappa shape index (κ3) is 4.20. The second kappa shape index (κ2) is 7.59. The normalized spacial score (nSPS) is 15.9. The van der Waals surface area contributed by atoms with Crippen LogP contribution >= 0.6 is 0 Å². The van der Waals surface area contributed by atoms with Crippen LogP contribution in [0.15, 0.2) is 24.3 Å². The van der Waals surface area contributed by atoms with Crippen LogP contribution in [0.25, 0.3) is 5.57 Å². The van der Waals surface area contributed by atoms with Gasteiger partial charge in [-0.3, -0.25) is 4.90 Å². The van der Waals surface area contributed by atoms with Gasteiger partial charge in [-0.1, -0.05) is 39.0 Å². The van der Waals surface area contributed by atoms with E-state index in [9.17, 15) is 9.90 Å². The molecule has 0 spiro atoms. The van der Waals surface area contributed by atoms with E-state index in [1.807, 2.05) is 13.0 Å². The van der Waals surface area contributed by atoms with E-state index in [-0.39, 0.29) is 0 Å². The Balaban J connectivity index is 2.08. The van der Waals surface area contributed by atoms with E-state index in [1.165, 1.54) is 24.1 Å². The van der Waals surface area contributed by atoms with E-state index in [2.05, 4.69) is 30.9 Å². The highest BCUT2D eigenvalue weighted by molar-refractivity contribution is 5.90. The Kier molecular flexibility index (Phi) is 5.78. The molecule has 1 aromatic carbocycles. The van der Waals surface area contributed by atoms with Crippen molar-refractivity contribution in [2.75, 3.05) is 19.6 Å². The quantitative estimate of drug-likeness (QED) is 0.860. The van der Waals surface area contributed by atoms with Crippen molar-refractivity contribution in [3.05, 3.63) is 41.0 Å². The molecule has 0 radical (unpaired) electrons. The molecule has 1 aliphatic rings. The number of hydrogen-bond donors (Lipinski definition) is 1. The van der Waals surface area contributed by atoms with Crippen LogP contribution in [-0.2, 0) is 6.42 Å². The molecule has 0 fully saturated rings. The van der Waals surface area contributed by atoms with E-state index in [0.29, 0.717) is 5.56 Å². The molecule has 22 heavy (non-hydrogen) atoms. The highest BCUT2D eigenvalue weighted by Crippen LogP contribution is 2.25. The second-order valence-electron chi connectivity index (χ2n) is 6.49. The molecule has 0 aliphatic carbocycles. The lowest BCUT2D eigenvalue weighted by Gasteiger charge is -2.27. The number of carboxylic acids is 1. The monoisotopic (exact) mass is 301 g/mol. The average molecular weight is 301 g/mol. The molecule has 0 saturated heterocycles. The number of rotatable bonds is 6. The van der Waals surface area contributed by atoms with E-state index in [1.54, 1.807) is 6.07 Å². The van der Waals surface area contributed by atoms with Gasteiger partial charge in [0.1, 0.15) is 0 Å². The van der Waals surface area contributed by atoms with Crippen LogP contribution in [-0.4, -0.2) is 35.6 Å². The first-order valence-electron chi connectivity index (χ1n) is 8.29. The number of nitrogens with zero attached hydrogens (tertiary/aromatic N) is 1. The van der Waals surface area contributed by atoms with Crippen LogP contribution in [0.2, 0.25) is 0 Å². The maximum Gasteiger partial charge on any atom is 0.335 e. The number of hydrogen-bond acceptors (Lipinski definition) is 2. The maximum atomic E-state index is 11.2. The summed E-state index contributed by atoms with van der Waals surface area (Å²) in [5, 5.41) is 9.22. The predicted octanol–water partition coefficient (Wildman–Crippen LogP) is 4.08. The summed E-state index contributed by atoms with van der Waals surface area (Å²) in [6, 6.07) is 5.76. The maximum absolute atomic E-state index is 11.2. The van der Waals surface area contributed by atoms with Gasteiger partial charge in [0, 0.05) is 13.1 Å². The molecule has 0 bridgehead atoms. The van der Waals surface area contributed by atoms with Crippen molar-refractivity contribution < 1.29 is 9.90 Å². The zero-order valence-corrected chi connectivity index (χ0v) is 13.9. The van der Waals surface area contributed by atoms with Gasteiger partial charge in [-0.25, -0.2) is 4.79 Å². The molecule has 120 valence electrons. The fraction of sp³-hybridized carbons (Fsp3) is 0.526. The minimum absolute atomic E-state index is 0.432. The van der Waals surface area contributed by atoms with Gasteiger partial charge >= 0.3 is 5.97 Å². The van der Waals surface area contributed by atoms with E-state index in [4.69, 9.17) is 0 Å². The zero-order chi connectivity index (χ0) is 16.1. The molecule has 0 atom stereocenters. The smallest absolute Gasteiger partial charge is 0.335 e. The van der Waals surface area contributed by atoms with Gasteiger partial charge < -0.3 is 5.11 Å². The highest BCUT2D eigenvalue weighted by atomic mass is 16.4. The largest absolute Gasteiger partial charge is 0.478 e. The minimum atomic E-state index is -0.833. The van der Waals surface area contributed by atoms with Crippen molar-refractivity contribution in [1.29, 1.82) is 0 Å². The summed E-state index contributed by atoms with van der Waals surface area (Å²) in [4.78, 5) is 13.7. The van der Waals surface area contributed by atoms with E-state index in [0.717, 1.165) is 37.4 Å². The molecule has 1 heterocycles. The molecule has 1 N–H and O–H groups in total. The molecule has 1 aliphatic heterocycles. The lowest BCUT2D eigenvalue weighted by atomic mass is 9.94. The summed E-state index contributed by atoms with van der Waals surface area (Å²) >= 11 is 0. The van der Waals surface area contributed by atoms with Crippen molar-refractivity contribution in [3.8, 4) is 0 Å². The highest BCUT2D eigenvalue weighted by Gasteiger charge is 2.15. The Morgan fingerprint density at radius 1 is 1.36 bits per heavy atom. The second-order valence-corrected chi connectivity index (χ2v) is 6.49. The Hall–Kier alpha value is -1.61. The SMILES string of the molecule is CCc1cc(C2=CCN(CCC(C)C)CC2)ccc1C(=O)O. The lowest BCUT2D eigenvalue weighted by molar-refractivity contribution is 0.0695. The summed E-state index contributed by atoms with van der Waals surface area (Å²) in [7, 11) is 0. The Morgan fingerprint density at radius 2 is 2.14 bits per heavy atom. The molecular formula is C19H27NO2. The van der Waals surface area contributed by atoms with Crippen molar-refractivity contribution in [1.82, 2.24) is 4.90 Å². The summed E-state index contributed by atoms with van der Waals surface area (Å²) in [6.45, 7) is 9.81. The van der Waals surface area contributed by atoms with Gasteiger partial charge in [0.2, 0.25) is 0 Å². The zero-order valence-electron chi connectivity index (χ0n) is 13.9. The molecule has 3 nitrogen and oxygen atoms in total. The molecule has 0 amide bonds. The van der Waals surface area contributed by atoms with E-state index < -0.39 is 5.97 Å². The Morgan fingerprint density at radius 3 is 2.68 bits per heavy atom. The Bertz CT molecular complexity index is 561. The number of carboxylic acid groups (broad SMARTS) is 1. The third-order valence-corrected chi connectivity index (χ3v) is 4.40. The van der Waals surface area contributed by atoms with Gasteiger partial charge in [0.15, 0.2) is 0 Å². The predicted molar refractivity (Wildman–Crippen MR) is 91.3 cm³/mol. The standard InChI is InChI=1S/C19H27NO2/c1-4-15-13-17(5-6-18(15)19(21)22)16-8-11-20(12-9-16)10-7-14(2)3/h5-6,8,13-14H,4,7,9-12H2,1-3H3,(H,21,22). The summed E-state index contributed by atoms with van der Waals surface area (Å²) in [6.07, 6.45) is 5.35. The van der Waals surface area contributed by atoms with Gasteiger partial charge in [-0.15, -0.1) is 0 Å². The number of carbonyl (C=O) groups is 1. The van der Waals surface area contributed by atoms with Crippen LogP contribution in [0.3, 0.4) is 0 Å². The molecule has 2 rings (SSSR count). The molecule has 3 heteroatoms. The van der Waals surface area contributed by atoms with Gasteiger partial charge in [0.05, 0.1) is 5.56 Å². The fourth-order valence-electron chi connectivity index (χ4n) is 2.91. The first kappa shape index (κ1) is 16.8. The topological polar surface area (TPSA) is 40.5 Å². The van der Waals surface area contributed by atoms with Gasteiger partial charge in [-0.05, 0) is 54.5 Å². The van der Waals surface area contributed by atoms with Crippen molar-refractivity contribution in [2.24, 2.45) is 5.92 Å². The van der Waals surface area contributed by atoms with Crippen LogP contribution in [0.5, 0.6) is 0 Å². The van der Waals surface area contributed by atoms with Gasteiger partial charge in [0.25, 0.3) is 0 Å². The Labute approximate surface area is 133 Å².